The summed E-state index contributed by atoms with van der Waals surface area (Å²) in [6.45, 7) is 16.3. The molecule has 0 aliphatic heterocycles. The Morgan fingerprint density at radius 2 is 1.59 bits per heavy atom. The monoisotopic (exact) mass is 652 g/mol. The van der Waals surface area contributed by atoms with Gasteiger partial charge in [-0.3, -0.25) is 4.57 Å². The summed E-state index contributed by atoms with van der Waals surface area (Å²) in [5.74, 6) is 2.01. The standard InChI is InChI=1S/C34H44N8O2Si2/c1-45(2,3)20-18-43-23-41-22-28(37-30-15-17-36-33(39-30)26-11-9-10-25-14-16-35-31(25)26)32(40-41)34-38-27-12-7-8-13-29(27)42(34)24-44-19-21-46(4,5)6/h7-17,22,35H,18-21,23-24H2,1-6H3,(H,36,37,39). The van der Waals surface area contributed by atoms with Crippen LogP contribution in [-0.4, -0.2) is 63.6 Å². The summed E-state index contributed by atoms with van der Waals surface area (Å²) in [5.41, 5.74) is 5.31. The van der Waals surface area contributed by atoms with Gasteiger partial charge in [-0.15, -0.1) is 0 Å². The molecule has 2 aromatic carbocycles. The van der Waals surface area contributed by atoms with E-state index in [1.807, 2.05) is 59.5 Å². The lowest BCUT2D eigenvalue weighted by Gasteiger charge is -2.16. The van der Waals surface area contributed by atoms with Crippen molar-refractivity contribution in [3.8, 4) is 22.9 Å². The third kappa shape index (κ3) is 7.64. The number of H-pyrrole nitrogens is 1. The summed E-state index contributed by atoms with van der Waals surface area (Å²) < 4.78 is 16.3. The second kappa shape index (κ2) is 13.3. The minimum absolute atomic E-state index is 0.343. The Morgan fingerprint density at radius 1 is 0.826 bits per heavy atom. The number of para-hydroxylation sites is 3. The molecule has 0 aliphatic rings. The second-order valence-corrected chi connectivity index (χ2v) is 25.4. The van der Waals surface area contributed by atoms with E-state index in [4.69, 9.17) is 24.5 Å². The number of aromatic amines is 1. The number of ether oxygens (including phenoxy) is 2. The van der Waals surface area contributed by atoms with Crippen LogP contribution in [0.25, 0.3) is 44.8 Å². The first kappa shape index (κ1) is 31.9. The van der Waals surface area contributed by atoms with Gasteiger partial charge in [-0.25, -0.2) is 19.6 Å². The molecule has 0 unspecified atom stereocenters. The van der Waals surface area contributed by atoms with Crippen LogP contribution in [0.1, 0.15) is 0 Å². The van der Waals surface area contributed by atoms with Crippen LogP contribution in [-0.2, 0) is 22.9 Å². The van der Waals surface area contributed by atoms with Crippen LogP contribution in [0.15, 0.2) is 73.2 Å². The largest absolute Gasteiger partial charge is 0.361 e. The molecule has 12 heteroatoms. The Kier molecular flexibility index (Phi) is 9.23. The summed E-state index contributed by atoms with van der Waals surface area (Å²) in [4.78, 5) is 17.9. The van der Waals surface area contributed by atoms with Gasteiger partial charge in [0.05, 0.1) is 28.4 Å². The second-order valence-electron chi connectivity index (χ2n) is 14.1. The predicted molar refractivity (Wildman–Crippen MR) is 192 cm³/mol. The molecule has 2 N–H and O–H groups in total. The molecule has 4 aromatic heterocycles. The molecule has 10 nitrogen and oxygen atoms in total. The number of benzene rings is 2. The lowest BCUT2D eigenvalue weighted by atomic mass is 10.1. The highest BCUT2D eigenvalue weighted by molar-refractivity contribution is 6.76. The van der Waals surface area contributed by atoms with E-state index in [1.165, 1.54) is 0 Å². The topological polar surface area (TPSA) is 108 Å². The summed E-state index contributed by atoms with van der Waals surface area (Å²) in [7, 11) is -2.44. The van der Waals surface area contributed by atoms with E-state index >= 15 is 0 Å². The number of aromatic nitrogens is 7. The van der Waals surface area contributed by atoms with E-state index in [-0.39, 0.29) is 0 Å². The van der Waals surface area contributed by atoms with E-state index in [0.717, 1.165) is 51.1 Å². The van der Waals surface area contributed by atoms with Crippen LogP contribution in [0, 0.1) is 0 Å². The first-order valence-electron chi connectivity index (χ1n) is 15.9. The number of hydrogen-bond acceptors (Lipinski definition) is 7. The smallest absolute Gasteiger partial charge is 0.165 e. The van der Waals surface area contributed by atoms with Gasteiger partial charge in [0.2, 0.25) is 0 Å². The van der Waals surface area contributed by atoms with Crippen LogP contribution >= 0.6 is 0 Å². The van der Waals surface area contributed by atoms with Gasteiger partial charge < -0.3 is 19.8 Å². The van der Waals surface area contributed by atoms with Crippen molar-refractivity contribution in [1.29, 1.82) is 0 Å². The summed E-state index contributed by atoms with van der Waals surface area (Å²) >= 11 is 0. The highest BCUT2D eigenvalue weighted by atomic mass is 28.3. The molecule has 4 heterocycles. The minimum Gasteiger partial charge on any atom is -0.361 e. The molecule has 0 saturated heterocycles. The zero-order valence-electron chi connectivity index (χ0n) is 27.7. The first-order chi connectivity index (χ1) is 22.0. The quantitative estimate of drug-likeness (QED) is 0.0902. The third-order valence-corrected chi connectivity index (χ3v) is 11.2. The normalized spacial score (nSPS) is 12.4. The van der Waals surface area contributed by atoms with Gasteiger partial charge in [-0.05, 0) is 42.4 Å². The van der Waals surface area contributed by atoms with Crippen molar-refractivity contribution in [2.45, 2.75) is 64.8 Å². The summed E-state index contributed by atoms with van der Waals surface area (Å²) in [6.07, 6.45) is 5.67. The van der Waals surface area contributed by atoms with Crippen LogP contribution in [0.5, 0.6) is 0 Å². The fourth-order valence-corrected chi connectivity index (χ4v) is 6.68. The maximum Gasteiger partial charge on any atom is 0.165 e. The Labute approximate surface area is 272 Å². The van der Waals surface area contributed by atoms with E-state index in [0.29, 0.717) is 44.0 Å². The van der Waals surface area contributed by atoms with Crippen molar-refractivity contribution in [2.75, 3.05) is 18.5 Å². The molecule has 0 spiro atoms. The molecule has 6 aromatic rings. The van der Waals surface area contributed by atoms with Gasteiger partial charge in [-0.1, -0.05) is 63.5 Å². The zero-order chi connectivity index (χ0) is 32.3. The molecule has 0 amide bonds. The van der Waals surface area contributed by atoms with Crippen molar-refractivity contribution < 1.29 is 9.47 Å². The predicted octanol–water partition coefficient (Wildman–Crippen LogP) is 8.21. The number of nitrogens with zero attached hydrogens (tertiary/aromatic N) is 6. The third-order valence-electron chi connectivity index (χ3n) is 7.81. The zero-order valence-corrected chi connectivity index (χ0v) is 29.7. The molecule has 0 atom stereocenters. The Hall–Kier alpha value is -4.11. The van der Waals surface area contributed by atoms with Crippen molar-refractivity contribution >= 4 is 49.6 Å². The molecule has 0 fully saturated rings. The van der Waals surface area contributed by atoms with E-state index in [1.54, 1.807) is 6.20 Å². The van der Waals surface area contributed by atoms with Gasteiger partial charge in [-0.2, -0.15) is 5.10 Å². The van der Waals surface area contributed by atoms with E-state index in [2.05, 4.69) is 71.3 Å². The van der Waals surface area contributed by atoms with Gasteiger partial charge in [0, 0.05) is 52.7 Å². The Bertz CT molecular complexity index is 1930. The van der Waals surface area contributed by atoms with Crippen LogP contribution in [0.2, 0.25) is 51.4 Å². The van der Waals surface area contributed by atoms with E-state index < -0.39 is 16.1 Å². The number of nitrogens with one attached hydrogen (secondary N) is 2. The maximum absolute atomic E-state index is 6.25. The van der Waals surface area contributed by atoms with Gasteiger partial charge in [0.1, 0.15) is 19.3 Å². The number of anilines is 2. The highest BCUT2D eigenvalue weighted by Crippen LogP contribution is 2.32. The van der Waals surface area contributed by atoms with Crippen LogP contribution in [0.3, 0.4) is 0 Å². The Balaban J connectivity index is 1.35. The molecule has 46 heavy (non-hydrogen) atoms. The summed E-state index contributed by atoms with van der Waals surface area (Å²) in [6, 6.07) is 20.4. The number of imidazole rings is 1. The maximum atomic E-state index is 6.25. The van der Waals surface area contributed by atoms with Crippen LogP contribution in [0.4, 0.5) is 11.5 Å². The molecule has 0 radical (unpaired) electrons. The summed E-state index contributed by atoms with van der Waals surface area (Å²) in [5, 5.41) is 9.66. The lowest BCUT2D eigenvalue weighted by molar-refractivity contribution is 0.0786. The molecule has 0 saturated carbocycles. The van der Waals surface area contributed by atoms with Gasteiger partial charge in [0.25, 0.3) is 0 Å². The molecule has 0 bridgehead atoms. The fourth-order valence-electron chi connectivity index (χ4n) is 5.17. The average Bonchev–Trinajstić information content (AvgIpc) is 3.74. The Morgan fingerprint density at radius 3 is 2.37 bits per heavy atom. The van der Waals surface area contributed by atoms with Gasteiger partial charge >= 0.3 is 0 Å². The van der Waals surface area contributed by atoms with Gasteiger partial charge in [0.15, 0.2) is 17.3 Å². The van der Waals surface area contributed by atoms with Crippen molar-refractivity contribution in [3.63, 3.8) is 0 Å². The van der Waals surface area contributed by atoms with Crippen molar-refractivity contribution in [2.24, 2.45) is 0 Å². The molecular formula is C34H44N8O2Si2. The number of fused-ring (bicyclic) bond motifs is 2. The molecule has 0 aliphatic carbocycles. The minimum atomic E-state index is -1.23. The molecule has 240 valence electrons. The van der Waals surface area contributed by atoms with E-state index in [9.17, 15) is 0 Å². The highest BCUT2D eigenvalue weighted by Gasteiger charge is 2.22. The SMILES string of the molecule is C[Si](C)(C)CCOCn1cc(Nc2ccnc(-c3cccc4cc[nH]c34)n2)c(-c2nc3ccccc3n2COCC[Si](C)(C)C)n1. The first-order valence-corrected chi connectivity index (χ1v) is 23.3. The fraction of sp³-hybridized carbons (Fsp3) is 0.353. The van der Waals surface area contributed by atoms with Crippen molar-refractivity contribution in [3.05, 3.63) is 73.2 Å². The van der Waals surface area contributed by atoms with Crippen LogP contribution < -0.4 is 5.32 Å². The van der Waals surface area contributed by atoms with Crippen molar-refractivity contribution in [1.82, 2.24) is 34.3 Å². The number of rotatable bonds is 14. The number of hydrogen-bond donors (Lipinski definition) is 2. The average molecular weight is 653 g/mol. The molecular weight excluding hydrogens is 609 g/mol. The molecule has 6 rings (SSSR count). The lowest BCUT2D eigenvalue weighted by Crippen LogP contribution is -2.22.